The molecular weight excluding hydrogens is 228 g/mol. The summed E-state index contributed by atoms with van der Waals surface area (Å²) >= 11 is 0. The molecule has 0 saturated carbocycles. The van der Waals surface area contributed by atoms with Crippen molar-refractivity contribution in [2.45, 2.75) is 20.8 Å². The first-order chi connectivity index (χ1) is 8.40. The molecular formula is C14H22N2O2. The molecule has 18 heavy (non-hydrogen) atoms. The van der Waals surface area contributed by atoms with Crippen LogP contribution in [0.25, 0.3) is 0 Å². The SMILES string of the molecule is C=CC(=C)N=C(C=C)NC(=O)OC[C@@H](C)C(C)C. The minimum Gasteiger partial charge on any atom is -0.449 e. The molecule has 100 valence electrons. The summed E-state index contributed by atoms with van der Waals surface area (Å²) in [5, 5.41) is 2.49. The number of hydrogen-bond donors (Lipinski definition) is 1. The van der Waals surface area contributed by atoms with Crippen molar-refractivity contribution >= 4 is 11.9 Å². The van der Waals surface area contributed by atoms with Gasteiger partial charge in [-0.15, -0.1) is 0 Å². The minimum atomic E-state index is -0.544. The fraction of sp³-hybridized carbons (Fsp3) is 0.429. The Bertz CT molecular complexity index is 357. The van der Waals surface area contributed by atoms with Crippen LogP contribution in [-0.4, -0.2) is 18.5 Å². The first-order valence-corrected chi connectivity index (χ1v) is 5.87. The minimum absolute atomic E-state index is 0.294. The van der Waals surface area contributed by atoms with Crippen LogP contribution in [-0.2, 0) is 4.74 Å². The number of carbonyl (C=O) groups excluding carboxylic acids is 1. The topological polar surface area (TPSA) is 50.7 Å². The van der Waals surface area contributed by atoms with Gasteiger partial charge in [-0.3, -0.25) is 5.32 Å². The van der Waals surface area contributed by atoms with Gasteiger partial charge in [0.05, 0.1) is 12.3 Å². The van der Waals surface area contributed by atoms with Crippen molar-refractivity contribution in [3.8, 4) is 0 Å². The molecule has 0 aromatic carbocycles. The highest BCUT2D eigenvalue weighted by Gasteiger charge is 2.11. The average Bonchev–Trinajstić information content (AvgIpc) is 2.34. The van der Waals surface area contributed by atoms with E-state index >= 15 is 0 Å². The van der Waals surface area contributed by atoms with E-state index in [4.69, 9.17) is 4.74 Å². The number of carbonyl (C=O) groups is 1. The number of alkyl carbamates (subject to hydrolysis) is 1. The number of rotatable bonds is 6. The zero-order valence-electron chi connectivity index (χ0n) is 11.4. The van der Waals surface area contributed by atoms with Crippen LogP contribution in [0.1, 0.15) is 20.8 Å². The number of nitrogens with zero attached hydrogens (tertiary/aromatic N) is 1. The quantitative estimate of drug-likeness (QED) is 0.447. The van der Waals surface area contributed by atoms with Crippen molar-refractivity contribution in [1.82, 2.24) is 5.32 Å². The van der Waals surface area contributed by atoms with Crippen molar-refractivity contribution in [3.63, 3.8) is 0 Å². The third-order valence-corrected chi connectivity index (χ3v) is 2.54. The maximum Gasteiger partial charge on any atom is 0.412 e. The highest BCUT2D eigenvalue weighted by Crippen LogP contribution is 2.09. The zero-order chi connectivity index (χ0) is 14.1. The van der Waals surface area contributed by atoms with Crippen LogP contribution in [0, 0.1) is 11.8 Å². The van der Waals surface area contributed by atoms with E-state index in [9.17, 15) is 4.79 Å². The Kier molecular flexibility index (Phi) is 7.43. The number of amides is 1. The van der Waals surface area contributed by atoms with Gasteiger partial charge >= 0.3 is 6.09 Å². The molecule has 0 rings (SSSR count). The molecule has 0 aromatic rings. The van der Waals surface area contributed by atoms with E-state index in [0.29, 0.717) is 30.0 Å². The van der Waals surface area contributed by atoms with Crippen molar-refractivity contribution in [2.24, 2.45) is 16.8 Å². The predicted octanol–water partition coefficient (Wildman–Crippen LogP) is 3.29. The summed E-state index contributed by atoms with van der Waals surface area (Å²) in [6.07, 6.45) is 2.36. The fourth-order valence-electron chi connectivity index (χ4n) is 0.865. The number of allylic oxidation sites excluding steroid dienone is 1. The van der Waals surface area contributed by atoms with Crippen LogP contribution in [0.5, 0.6) is 0 Å². The third-order valence-electron chi connectivity index (χ3n) is 2.54. The number of aliphatic imine (C=N–C) groups is 1. The Morgan fingerprint density at radius 1 is 1.33 bits per heavy atom. The Balaban J connectivity index is 4.29. The second kappa shape index (κ2) is 8.28. The lowest BCUT2D eigenvalue weighted by Gasteiger charge is -2.15. The molecule has 0 aliphatic rings. The summed E-state index contributed by atoms with van der Waals surface area (Å²) in [4.78, 5) is 15.5. The highest BCUT2D eigenvalue weighted by molar-refractivity contribution is 6.02. The van der Waals surface area contributed by atoms with E-state index in [2.05, 4.69) is 43.9 Å². The predicted molar refractivity (Wildman–Crippen MR) is 75.5 cm³/mol. The molecule has 0 unspecified atom stereocenters. The van der Waals surface area contributed by atoms with E-state index in [1.54, 1.807) is 0 Å². The van der Waals surface area contributed by atoms with Crippen molar-refractivity contribution in [2.75, 3.05) is 6.61 Å². The van der Waals surface area contributed by atoms with Gasteiger partial charge < -0.3 is 4.74 Å². The van der Waals surface area contributed by atoms with Gasteiger partial charge in [-0.05, 0) is 24.0 Å². The molecule has 0 heterocycles. The molecule has 0 radical (unpaired) electrons. The van der Waals surface area contributed by atoms with Gasteiger partial charge in [0.1, 0.15) is 5.84 Å². The average molecular weight is 250 g/mol. The summed E-state index contributed by atoms with van der Waals surface area (Å²) in [7, 11) is 0. The Morgan fingerprint density at radius 3 is 2.39 bits per heavy atom. The van der Waals surface area contributed by atoms with Crippen LogP contribution >= 0.6 is 0 Å². The summed E-state index contributed by atoms with van der Waals surface area (Å²) in [5.41, 5.74) is 0.445. The normalized spacial score (nSPS) is 12.8. The fourth-order valence-corrected chi connectivity index (χ4v) is 0.865. The van der Waals surface area contributed by atoms with Crippen LogP contribution in [0.2, 0.25) is 0 Å². The summed E-state index contributed by atoms with van der Waals surface area (Å²) in [6, 6.07) is 0. The first-order valence-electron chi connectivity index (χ1n) is 5.87. The Labute approximate surface area is 109 Å². The number of nitrogens with one attached hydrogen (secondary N) is 1. The molecule has 1 atom stereocenters. The van der Waals surface area contributed by atoms with Crippen LogP contribution < -0.4 is 5.32 Å². The number of ether oxygens (including phenoxy) is 1. The molecule has 0 fully saturated rings. The van der Waals surface area contributed by atoms with Crippen LogP contribution in [0.4, 0.5) is 4.79 Å². The van der Waals surface area contributed by atoms with E-state index in [1.807, 2.05) is 6.92 Å². The molecule has 0 bridgehead atoms. The largest absolute Gasteiger partial charge is 0.449 e. The Hall–Kier alpha value is -1.84. The van der Waals surface area contributed by atoms with Crippen LogP contribution in [0.15, 0.2) is 42.6 Å². The molecule has 1 N–H and O–H groups in total. The van der Waals surface area contributed by atoms with Crippen molar-refractivity contribution < 1.29 is 9.53 Å². The van der Waals surface area contributed by atoms with E-state index in [0.717, 1.165) is 0 Å². The monoisotopic (exact) mass is 250 g/mol. The van der Waals surface area contributed by atoms with Gasteiger partial charge in [-0.25, -0.2) is 9.79 Å². The van der Waals surface area contributed by atoms with Crippen LogP contribution in [0.3, 0.4) is 0 Å². The second-order valence-corrected chi connectivity index (χ2v) is 4.34. The molecule has 0 aliphatic carbocycles. The lowest BCUT2D eigenvalue weighted by molar-refractivity contribution is 0.124. The standard InChI is InChI=1S/C14H22N2O2/c1-7-12(6)15-13(8-2)16-14(17)18-9-11(5)10(3)4/h7-8,10-11H,1-2,6,9H2,3-5H3,(H,15,16,17)/t11-/m1/s1. The third kappa shape index (κ3) is 6.68. The Morgan fingerprint density at radius 2 is 1.94 bits per heavy atom. The van der Waals surface area contributed by atoms with E-state index in [-0.39, 0.29) is 0 Å². The van der Waals surface area contributed by atoms with Gasteiger partial charge in [0.2, 0.25) is 0 Å². The van der Waals surface area contributed by atoms with Gasteiger partial charge in [0, 0.05) is 0 Å². The number of hydrogen-bond acceptors (Lipinski definition) is 3. The molecule has 0 aliphatic heterocycles. The van der Waals surface area contributed by atoms with E-state index < -0.39 is 6.09 Å². The highest BCUT2D eigenvalue weighted by atomic mass is 16.5. The van der Waals surface area contributed by atoms with Crippen molar-refractivity contribution in [1.29, 1.82) is 0 Å². The van der Waals surface area contributed by atoms with Crippen molar-refractivity contribution in [3.05, 3.63) is 37.6 Å². The van der Waals surface area contributed by atoms with Gasteiger partial charge in [0.15, 0.2) is 0 Å². The van der Waals surface area contributed by atoms with Gasteiger partial charge in [-0.1, -0.05) is 40.5 Å². The molecule has 4 heteroatoms. The molecule has 1 amide bonds. The lowest BCUT2D eigenvalue weighted by atomic mass is 10.00. The summed E-state index contributed by atoms with van der Waals surface area (Å²) < 4.78 is 5.08. The zero-order valence-corrected chi connectivity index (χ0v) is 11.4. The summed E-state index contributed by atoms with van der Waals surface area (Å²) in [6.45, 7) is 17.2. The maximum absolute atomic E-state index is 11.5. The maximum atomic E-state index is 11.5. The van der Waals surface area contributed by atoms with Gasteiger partial charge in [-0.2, -0.15) is 0 Å². The van der Waals surface area contributed by atoms with Gasteiger partial charge in [0.25, 0.3) is 0 Å². The molecule has 0 aromatic heterocycles. The second-order valence-electron chi connectivity index (χ2n) is 4.34. The lowest BCUT2D eigenvalue weighted by Crippen LogP contribution is -2.31. The van der Waals surface area contributed by atoms with E-state index in [1.165, 1.54) is 12.2 Å². The first kappa shape index (κ1) is 16.2. The molecule has 4 nitrogen and oxygen atoms in total. The number of amidine groups is 1. The molecule has 0 spiro atoms. The smallest absolute Gasteiger partial charge is 0.412 e. The summed E-state index contributed by atoms with van der Waals surface area (Å²) in [5.74, 6) is 1.07. The molecule has 0 saturated heterocycles.